The van der Waals surface area contributed by atoms with Gasteiger partial charge >= 0.3 is 0 Å². The van der Waals surface area contributed by atoms with E-state index >= 15 is 0 Å². The number of rotatable bonds is 5. The third kappa shape index (κ3) is 4.53. The highest BCUT2D eigenvalue weighted by atomic mass is 32.1. The van der Waals surface area contributed by atoms with Crippen LogP contribution in [0.4, 0.5) is 5.00 Å². The Balaban J connectivity index is 1.16. The summed E-state index contributed by atoms with van der Waals surface area (Å²) in [6.07, 6.45) is 13.8. The summed E-state index contributed by atoms with van der Waals surface area (Å²) in [6, 6.07) is 4.68. The zero-order chi connectivity index (χ0) is 35.3. The van der Waals surface area contributed by atoms with Crippen LogP contribution in [0.2, 0.25) is 0 Å². The van der Waals surface area contributed by atoms with Gasteiger partial charge in [0.15, 0.2) is 34.3 Å². The molecule has 52 heavy (non-hydrogen) atoms. The fourth-order valence-corrected chi connectivity index (χ4v) is 10.7. The van der Waals surface area contributed by atoms with Gasteiger partial charge in [0.25, 0.3) is 5.56 Å². The van der Waals surface area contributed by atoms with Gasteiger partial charge in [0, 0.05) is 40.9 Å². The number of likely N-dealkylation sites (tertiary alicyclic amines) is 1. The molecule has 6 aromatic rings. The number of hydrogen-bond acceptors (Lipinski definition) is 12. The van der Waals surface area contributed by atoms with Crippen molar-refractivity contribution in [2.24, 2.45) is 0 Å². The lowest BCUT2D eigenvalue weighted by Crippen LogP contribution is -2.35. The van der Waals surface area contributed by atoms with Gasteiger partial charge in [-0.3, -0.25) is 4.79 Å². The number of anilines is 1. The van der Waals surface area contributed by atoms with Crippen LogP contribution in [0.1, 0.15) is 91.3 Å². The van der Waals surface area contributed by atoms with Gasteiger partial charge in [-0.25, -0.2) is 19.3 Å². The number of hydrogen-bond donors (Lipinski definition) is 1. The van der Waals surface area contributed by atoms with Gasteiger partial charge < -0.3 is 24.5 Å². The summed E-state index contributed by atoms with van der Waals surface area (Å²) in [4.78, 5) is 27.6. The fraction of sp³-hybridized carbons (Fsp3) is 0.486. The van der Waals surface area contributed by atoms with Gasteiger partial charge in [-0.05, 0) is 89.9 Å². The summed E-state index contributed by atoms with van der Waals surface area (Å²) in [5, 5.41) is 26.7. The number of fused-ring (bicyclic) bond motifs is 6. The predicted molar refractivity (Wildman–Crippen MR) is 195 cm³/mol. The second-order valence-corrected chi connectivity index (χ2v) is 16.1. The van der Waals surface area contributed by atoms with Gasteiger partial charge in [-0.1, -0.05) is 5.16 Å². The molecule has 15 heteroatoms. The third-order valence-electron chi connectivity index (χ3n) is 12.1. The van der Waals surface area contributed by atoms with E-state index in [0.29, 0.717) is 58.3 Å². The van der Waals surface area contributed by atoms with Crippen molar-refractivity contribution in [1.82, 2.24) is 44.2 Å². The number of ether oxygens (including phenoxy) is 1. The number of pyridine rings is 1. The lowest BCUT2D eigenvalue weighted by atomic mass is 9.63. The summed E-state index contributed by atoms with van der Waals surface area (Å²) in [5.41, 5.74) is 9.99. The maximum absolute atomic E-state index is 13.7. The summed E-state index contributed by atoms with van der Waals surface area (Å²) in [5.74, 6) is 1.73. The molecule has 2 saturated heterocycles. The van der Waals surface area contributed by atoms with E-state index < -0.39 is 5.41 Å². The van der Waals surface area contributed by atoms with Crippen molar-refractivity contribution in [3.8, 4) is 23.4 Å². The van der Waals surface area contributed by atoms with Crippen LogP contribution in [0.3, 0.4) is 0 Å². The molecular weight excluding hydrogens is 679 g/mol. The first-order chi connectivity index (χ1) is 25.4. The van der Waals surface area contributed by atoms with E-state index in [2.05, 4.69) is 24.9 Å². The molecule has 4 aliphatic rings. The Morgan fingerprint density at radius 3 is 2.83 bits per heavy atom. The second-order valence-electron chi connectivity index (χ2n) is 14.9. The zero-order valence-corrected chi connectivity index (χ0v) is 30.0. The molecule has 0 radical (unpaired) electrons. The van der Waals surface area contributed by atoms with E-state index in [9.17, 15) is 10.1 Å². The van der Waals surface area contributed by atoms with Crippen molar-refractivity contribution in [3.63, 3.8) is 0 Å². The van der Waals surface area contributed by atoms with Crippen LogP contribution in [0.15, 0.2) is 34.0 Å². The molecule has 10 rings (SSSR count). The van der Waals surface area contributed by atoms with E-state index in [4.69, 9.17) is 40.3 Å². The molecule has 2 aliphatic heterocycles. The minimum Gasteiger partial charge on any atom is -0.389 e. The van der Waals surface area contributed by atoms with Crippen LogP contribution in [0, 0.1) is 11.3 Å². The van der Waals surface area contributed by atoms with Gasteiger partial charge in [-0.15, -0.1) is 11.3 Å². The monoisotopic (exact) mass is 717 g/mol. The first-order valence-electron chi connectivity index (χ1n) is 18.3. The lowest BCUT2D eigenvalue weighted by Gasteiger charge is -2.39. The number of nitrogen functional groups attached to an aromatic ring is 1. The average Bonchev–Trinajstić information content (AvgIpc) is 4.00. The first kappa shape index (κ1) is 31.8. The van der Waals surface area contributed by atoms with Crippen LogP contribution in [-0.4, -0.2) is 77.0 Å². The van der Waals surface area contributed by atoms with Crippen molar-refractivity contribution in [3.05, 3.63) is 62.3 Å². The molecule has 8 heterocycles. The maximum atomic E-state index is 13.7. The van der Waals surface area contributed by atoms with Crippen LogP contribution in [-0.2, 0) is 23.0 Å². The zero-order valence-electron chi connectivity index (χ0n) is 29.2. The second kappa shape index (κ2) is 11.8. The van der Waals surface area contributed by atoms with Crippen LogP contribution in [0.25, 0.3) is 39.3 Å². The molecule has 2 N–H and O–H groups in total. The first-order valence-corrected chi connectivity index (χ1v) is 19.1. The average molecular weight is 718 g/mol. The quantitative estimate of drug-likeness (QED) is 0.252. The Bertz CT molecular complexity index is 2490. The molecule has 4 atom stereocenters. The van der Waals surface area contributed by atoms with Crippen LogP contribution in [0.5, 0.6) is 0 Å². The van der Waals surface area contributed by atoms with Crippen molar-refractivity contribution in [2.45, 2.75) is 88.3 Å². The number of nitrogens with zero attached hydrogens (tertiary/aromatic N) is 10. The highest BCUT2D eigenvalue weighted by Gasteiger charge is 2.49. The molecule has 0 aromatic carbocycles. The molecule has 0 unspecified atom stereocenters. The SMILES string of the molecule is C[C@@H]([C@@H]1CCCN1C)n1ncc2c(-n3cc4ccn([C@H]5CCOC5)c(=O)c4n3)nc(-c3noc4c3CCC[C@@]43CCCc4sc(N)c(C#N)c43)nc21. The number of nitriles is 1. The lowest BCUT2D eigenvalue weighted by molar-refractivity contribution is 0.186. The molecule has 0 amide bonds. The largest absolute Gasteiger partial charge is 0.389 e. The summed E-state index contributed by atoms with van der Waals surface area (Å²) in [7, 11) is 2.17. The molecule has 2 aliphatic carbocycles. The maximum Gasteiger partial charge on any atom is 0.279 e. The highest BCUT2D eigenvalue weighted by molar-refractivity contribution is 7.16. The van der Waals surface area contributed by atoms with E-state index in [0.717, 1.165) is 92.0 Å². The number of aromatic nitrogens is 8. The summed E-state index contributed by atoms with van der Waals surface area (Å²) >= 11 is 1.53. The van der Waals surface area contributed by atoms with Gasteiger partial charge in [-0.2, -0.15) is 15.5 Å². The van der Waals surface area contributed by atoms with E-state index in [1.807, 2.05) is 29.3 Å². The smallest absolute Gasteiger partial charge is 0.279 e. The molecule has 6 aromatic heterocycles. The fourth-order valence-electron chi connectivity index (χ4n) is 9.58. The Morgan fingerprint density at radius 1 is 1.17 bits per heavy atom. The Hall–Kier alpha value is -4.91. The summed E-state index contributed by atoms with van der Waals surface area (Å²) in [6.45, 7) is 4.39. The van der Waals surface area contributed by atoms with Crippen molar-refractivity contribution in [1.29, 1.82) is 5.26 Å². The Kier molecular flexibility index (Phi) is 7.22. The third-order valence-corrected chi connectivity index (χ3v) is 13.2. The number of aryl methyl sites for hydroxylation is 1. The van der Waals surface area contributed by atoms with E-state index in [1.54, 1.807) is 9.25 Å². The minimum atomic E-state index is -0.466. The van der Waals surface area contributed by atoms with Crippen molar-refractivity contribution < 1.29 is 9.26 Å². The van der Waals surface area contributed by atoms with Crippen LogP contribution >= 0.6 is 11.3 Å². The molecular formula is C37H39N11O3S. The number of likely N-dealkylation sites (N-methyl/N-ethyl adjacent to an activating group) is 1. The summed E-state index contributed by atoms with van der Waals surface area (Å²) < 4.78 is 17.3. The Morgan fingerprint density at radius 2 is 2.04 bits per heavy atom. The molecule has 0 saturated carbocycles. The molecule has 1 spiro atoms. The normalized spacial score (nSPS) is 23.8. The number of nitrogens with two attached hydrogens (primary N) is 1. The Labute approximate surface area is 302 Å². The molecule has 0 bridgehead atoms. The van der Waals surface area contributed by atoms with Gasteiger partial charge in [0.1, 0.15) is 11.1 Å². The standard InChI is InChI=1S/C37H39N11O3S/c1-20(26-7-5-13-45(26)2)48-35-25(17-40-48)34(47-18-21-9-14-46(22-10-15-50-19-22)36(49)29(21)43-47)41-33(42-35)30-23-6-3-11-37(31(23)51-44-30)12-4-8-27-28(37)24(16-38)32(39)52-27/h9,14,17-18,20,22,26H,3-8,10-13,15,19,39H2,1-2H3/t20-,22-,26-,37-/m0/s1. The van der Waals surface area contributed by atoms with Gasteiger partial charge in [0.05, 0.1) is 41.3 Å². The van der Waals surface area contributed by atoms with Crippen molar-refractivity contribution in [2.75, 3.05) is 32.5 Å². The molecule has 14 nitrogen and oxygen atoms in total. The topological polar surface area (TPSA) is 172 Å². The van der Waals surface area contributed by atoms with Crippen LogP contribution < -0.4 is 11.3 Å². The van der Waals surface area contributed by atoms with E-state index in [-0.39, 0.29) is 17.6 Å². The molecule has 2 fully saturated rings. The predicted octanol–water partition coefficient (Wildman–Crippen LogP) is 5.07. The highest BCUT2D eigenvalue weighted by Crippen LogP contribution is 2.55. The molecule has 266 valence electrons. The minimum absolute atomic E-state index is 0.00973. The van der Waals surface area contributed by atoms with Gasteiger partial charge in [0.2, 0.25) is 0 Å². The van der Waals surface area contributed by atoms with Crippen molar-refractivity contribution >= 4 is 38.3 Å². The number of thiophene rings is 1. The van der Waals surface area contributed by atoms with E-state index in [1.165, 1.54) is 16.2 Å².